The van der Waals surface area contributed by atoms with Crippen LogP contribution in [0.2, 0.25) is 5.02 Å². The van der Waals surface area contributed by atoms with Gasteiger partial charge in [-0.3, -0.25) is 0 Å². The molecule has 0 radical (unpaired) electrons. The minimum absolute atomic E-state index is 0.0410. The van der Waals surface area contributed by atoms with Crippen LogP contribution >= 0.6 is 11.6 Å². The van der Waals surface area contributed by atoms with Crippen LogP contribution in [0.4, 0.5) is 5.69 Å². The van der Waals surface area contributed by atoms with Crippen molar-refractivity contribution in [3.63, 3.8) is 0 Å². The number of nitrogens with two attached hydrogens (primary N) is 1. The second kappa shape index (κ2) is 5.47. The summed E-state index contributed by atoms with van der Waals surface area (Å²) in [7, 11) is -3.78. The normalized spacial score (nSPS) is 13.3. The van der Waals surface area contributed by atoms with Gasteiger partial charge in [0.05, 0.1) is 17.3 Å². The molecule has 108 valence electrons. The van der Waals surface area contributed by atoms with Crippen molar-refractivity contribution in [2.24, 2.45) is 0 Å². The zero-order valence-electron chi connectivity index (χ0n) is 11.1. The Morgan fingerprint density at radius 3 is 2.70 bits per heavy atom. The summed E-state index contributed by atoms with van der Waals surface area (Å²) in [5.74, 6) is 0.518. The number of nitrogen functional groups attached to an aromatic ring is 1. The third-order valence-corrected chi connectivity index (χ3v) is 4.92. The number of rotatable bonds is 4. The highest BCUT2D eigenvalue weighted by Gasteiger charge is 2.23. The largest absolute Gasteiger partial charge is 0.468 e. The first-order chi connectivity index (χ1) is 9.31. The minimum atomic E-state index is -3.78. The molecule has 5 nitrogen and oxygen atoms in total. The molecule has 0 aliphatic heterocycles. The summed E-state index contributed by atoms with van der Waals surface area (Å²) < 4.78 is 32.3. The van der Waals surface area contributed by atoms with Gasteiger partial charge in [0, 0.05) is 5.69 Å². The molecule has 1 heterocycles. The molecular formula is C13H15ClN2O3S. The lowest BCUT2D eigenvalue weighted by molar-refractivity contribution is 0.459. The Balaban J connectivity index is 2.34. The average Bonchev–Trinajstić information content (AvgIpc) is 2.86. The molecule has 2 aromatic rings. The van der Waals surface area contributed by atoms with Gasteiger partial charge in [-0.05, 0) is 43.7 Å². The van der Waals surface area contributed by atoms with E-state index in [1.165, 1.54) is 18.4 Å². The van der Waals surface area contributed by atoms with Gasteiger partial charge in [-0.15, -0.1) is 0 Å². The second-order valence-corrected chi connectivity index (χ2v) is 6.59. The zero-order chi connectivity index (χ0) is 14.9. The van der Waals surface area contributed by atoms with E-state index in [1.807, 2.05) is 0 Å². The Kier molecular flexibility index (Phi) is 4.08. The van der Waals surface area contributed by atoms with E-state index in [1.54, 1.807) is 26.0 Å². The highest BCUT2D eigenvalue weighted by Crippen LogP contribution is 2.28. The first-order valence-electron chi connectivity index (χ1n) is 5.92. The predicted octanol–water partition coefficient (Wildman–Crippen LogP) is 2.86. The third kappa shape index (κ3) is 2.98. The van der Waals surface area contributed by atoms with Crippen molar-refractivity contribution in [3.05, 3.63) is 46.9 Å². The standard InChI is InChI=1S/C13H15ClN2O3S/c1-8-6-10(14)13(7-11(8)15)20(17,18)16-9(2)12-4-3-5-19-12/h3-7,9,16H,15H2,1-2H3. The van der Waals surface area contributed by atoms with Crippen LogP contribution in [0.15, 0.2) is 39.8 Å². The topological polar surface area (TPSA) is 85.3 Å². The smallest absolute Gasteiger partial charge is 0.242 e. The summed E-state index contributed by atoms with van der Waals surface area (Å²) in [6, 6.07) is 5.77. The molecule has 20 heavy (non-hydrogen) atoms. The van der Waals surface area contributed by atoms with E-state index in [2.05, 4.69) is 4.72 Å². The van der Waals surface area contributed by atoms with Crippen molar-refractivity contribution >= 4 is 27.3 Å². The molecule has 3 N–H and O–H groups in total. The van der Waals surface area contributed by atoms with E-state index in [4.69, 9.17) is 21.8 Å². The molecule has 2 rings (SSSR count). The maximum atomic E-state index is 12.3. The molecule has 0 fully saturated rings. The molecule has 0 spiro atoms. The van der Waals surface area contributed by atoms with Crippen molar-refractivity contribution in [1.29, 1.82) is 0 Å². The van der Waals surface area contributed by atoms with E-state index < -0.39 is 16.1 Å². The maximum absolute atomic E-state index is 12.3. The first kappa shape index (κ1) is 14.9. The molecule has 0 bridgehead atoms. The Morgan fingerprint density at radius 2 is 2.10 bits per heavy atom. The molecule has 1 unspecified atom stereocenters. The van der Waals surface area contributed by atoms with Gasteiger partial charge in [0.15, 0.2) is 0 Å². The van der Waals surface area contributed by atoms with Crippen LogP contribution in [0.5, 0.6) is 0 Å². The van der Waals surface area contributed by atoms with Gasteiger partial charge >= 0.3 is 0 Å². The Morgan fingerprint density at radius 1 is 1.40 bits per heavy atom. The van der Waals surface area contributed by atoms with Gasteiger partial charge in [0.2, 0.25) is 10.0 Å². The Hall–Kier alpha value is -1.50. The van der Waals surface area contributed by atoms with E-state index >= 15 is 0 Å². The van der Waals surface area contributed by atoms with E-state index in [-0.39, 0.29) is 9.92 Å². The van der Waals surface area contributed by atoms with Crippen molar-refractivity contribution in [3.8, 4) is 0 Å². The molecule has 0 aliphatic rings. The number of furan rings is 1. The molecule has 0 aliphatic carbocycles. The summed E-state index contributed by atoms with van der Waals surface area (Å²) in [6.07, 6.45) is 1.48. The number of benzene rings is 1. The van der Waals surface area contributed by atoms with E-state index in [0.29, 0.717) is 11.4 Å². The average molecular weight is 315 g/mol. The Labute approximate surface area is 122 Å². The molecular weight excluding hydrogens is 300 g/mol. The summed E-state index contributed by atoms with van der Waals surface area (Å²) in [6.45, 7) is 3.44. The van der Waals surface area contributed by atoms with Gasteiger partial charge < -0.3 is 10.2 Å². The third-order valence-electron chi connectivity index (χ3n) is 2.91. The van der Waals surface area contributed by atoms with Crippen LogP contribution in [0.3, 0.4) is 0 Å². The van der Waals surface area contributed by atoms with Gasteiger partial charge in [-0.2, -0.15) is 0 Å². The second-order valence-electron chi connectivity index (χ2n) is 4.50. The number of halogens is 1. The summed E-state index contributed by atoms with van der Waals surface area (Å²) >= 11 is 6.00. The quantitative estimate of drug-likeness (QED) is 0.850. The fourth-order valence-electron chi connectivity index (χ4n) is 1.77. The lowest BCUT2D eigenvalue weighted by Gasteiger charge is -2.14. The number of sulfonamides is 1. The molecule has 0 saturated carbocycles. The lowest BCUT2D eigenvalue weighted by Crippen LogP contribution is -2.27. The van der Waals surface area contributed by atoms with Gasteiger partial charge in [0.1, 0.15) is 10.7 Å². The molecule has 1 aromatic carbocycles. The van der Waals surface area contributed by atoms with Crippen LogP contribution in [0, 0.1) is 6.92 Å². The highest BCUT2D eigenvalue weighted by atomic mass is 35.5. The van der Waals surface area contributed by atoms with Crippen LogP contribution in [0.1, 0.15) is 24.3 Å². The van der Waals surface area contributed by atoms with Gasteiger partial charge in [0.25, 0.3) is 0 Å². The maximum Gasteiger partial charge on any atom is 0.242 e. The van der Waals surface area contributed by atoms with Crippen molar-refractivity contribution in [2.75, 3.05) is 5.73 Å². The monoisotopic (exact) mass is 314 g/mol. The highest BCUT2D eigenvalue weighted by molar-refractivity contribution is 7.89. The number of nitrogens with one attached hydrogen (secondary N) is 1. The molecule has 0 saturated heterocycles. The SMILES string of the molecule is Cc1cc(Cl)c(S(=O)(=O)NC(C)c2ccco2)cc1N. The molecule has 0 amide bonds. The van der Waals surface area contributed by atoms with Gasteiger partial charge in [-0.1, -0.05) is 11.6 Å². The predicted molar refractivity (Wildman–Crippen MR) is 78.0 cm³/mol. The van der Waals surface area contributed by atoms with Gasteiger partial charge in [-0.25, -0.2) is 13.1 Å². The number of anilines is 1. The number of hydrogen-bond acceptors (Lipinski definition) is 4. The summed E-state index contributed by atoms with van der Waals surface area (Å²) in [5, 5.41) is 0.135. The molecule has 7 heteroatoms. The number of aryl methyl sites for hydroxylation is 1. The van der Waals surface area contributed by atoms with Crippen molar-refractivity contribution < 1.29 is 12.8 Å². The van der Waals surface area contributed by atoms with Crippen molar-refractivity contribution in [1.82, 2.24) is 4.72 Å². The fourth-order valence-corrected chi connectivity index (χ4v) is 3.60. The Bertz CT molecular complexity index is 711. The number of hydrogen-bond donors (Lipinski definition) is 2. The summed E-state index contributed by atoms with van der Waals surface area (Å²) in [5.41, 5.74) is 6.85. The molecule has 1 atom stereocenters. The lowest BCUT2D eigenvalue weighted by atomic mass is 10.2. The zero-order valence-corrected chi connectivity index (χ0v) is 12.6. The minimum Gasteiger partial charge on any atom is -0.468 e. The molecule has 1 aromatic heterocycles. The van der Waals surface area contributed by atoms with Crippen LogP contribution in [0.25, 0.3) is 0 Å². The van der Waals surface area contributed by atoms with Crippen LogP contribution in [-0.4, -0.2) is 8.42 Å². The van der Waals surface area contributed by atoms with Crippen molar-refractivity contribution in [2.45, 2.75) is 24.8 Å². The fraction of sp³-hybridized carbons (Fsp3) is 0.231. The summed E-state index contributed by atoms with van der Waals surface area (Å²) in [4.78, 5) is -0.0410. The van der Waals surface area contributed by atoms with E-state index in [0.717, 1.165) is 5.56 Å². The van der Waals surface area contributed by atoms with Crippen LogP contribution in [-0.2, 0) is 10.0 Å². The first-order valence-corrected chi connectivity index (χ1v) is 7.78. The van der Waals surface area contributed by atoms with Crippen LogP contribution < -0.4 is 10.5 Å². The van der Waals surface area contributed by atoms with E-state index in [9.17, 15) is 8.42 Å².